The van der Waals surface area contributed by atoms with Gasteiger partial charge in [-0.1, -0.05) is 60.7 Å². The summed E-state index contributed by atoms with van der Waals surface area (Å²) in [6, 6.07) is 25.9. The molecule has 5 nitrogen and oxygen atoms in total. The molecule has 0 radical (unpaired) electrons. The van der Waals surface area contributed by atoms with Crippen molar-refractivity contribution in [2.45, 2.75) is 55.7 Å². The second-order valence-corrected chi connectivity index (χ2v) is 10.1. The minimum atomic E-state index is -1.04. The first-order valence-corrected chi connectivity index (χ1v) is 12.4. The van der Waals surface area contributed by atoms with E-state index in [1.165, 1.54) is 22.3 Å². The number of nitriles is 1. The second-order valence-electron chi connectivity index (χ2n) is 10.1. The van der Waals surface area contributed by atoms with Gasteiger partial charge >= 0.3 is 6.09 Å². The molecular weight excluding hydrogens is 436 g/mol. The van der Waals surface area contributed by atoms with Crippen molar-refractivity contribution in [1.29, 1.82) is 5.26 Å². The van der Waals surface area contributed by atoms with Crippen molar-refractivity contribution in [2.75, 3.05) is 6.61 Å². The molecule has 2 unspecified atom stereocenters. The lowest BCUT2D eigenvalue weighted by molar-refractivity contribution is -0.0891. The van der Waals surface area contributed by atoms with Crippen LogP contribution in [0.25, 0.3) is 11.1 Å². The lowest BCUT2D eigenvalue weighted by Gasteiger charge is -2.51. The highest BCUT2D eigenvalue weighted by Crippen LogP contribution is 2.46. The van der Waals surface area contributed by atoms with E-state index in [1.807, 2.05) is 41.3 Å². The molecular formula is C30H28N2O3. The van der Waals surface area contributed by atoms with Crippen LogP contribution in [0.4, 0.5) is 4.79 Å². The van der Waals surface area contributed by atoms with Crippen molar-refractivity contribution < 1.29 is 14.6 Å². The molecule has 3 aromatic carbocycles. The number of hydrogen-bond acceptors (Lipinski definition) is 4. The third-order valence-electron chi connectivity index (χ3n) is 8.08. The van der Waals surface area contributed by atoms with Gasteiger partial charge in [0, 0.05) is 30.8 Å². The number of benzene rings is 3. The van der Waals surface area contributed by atoms with Crippen molar-refractivity contribution in [3.63, 3.8) is 0 Å². The fraction of sp³-hybridized carbons (Fsp3) is 0.333. The third kappa shape index (κ3) is 3.69. The standard InChI is InChI=1S/C30H28N2O3/c31-18-20-7-5-8-21(15-20)30(34)16-22-9-6-10-23(17-30)32(22)29(33)35-19-28-26-13-3-1-11-24(26)25-12-2-4-14-27(25)28/h1-5,7-8,11-15,22-23,28,34H,6,9-10,16-17,19H2. The molecule has 0 saturated carbocycles. The number of amides is 1. The molecule has 2 fully saturated rings. The molecule has 0 spiro atoms. The Balaban J connectivity index is 1.21. The molecule has 1 aliphatic carbocycles. The number of hydrogen-bond donors (Lipinski definition) is 1. The van der Waals surface area contributed by atoms with E-state index in [2.05, 4.69) is 30.3 Å². The Labute approximate surface area is 205 Å². The minimum Gasteiger partial charge on any atom is -0.448 e. The molecule has 1 amide bonds. The van der Waals surface area contributed by atoms with Gasteiger partial charge < -0.3 is 14.7 Å². The van der Waals surface area contributed by atoms with Crippen molar-refractivity contribution >= 4 is 6.09 Å². The Hall–Kier alpha value is -3.62. The first-order valence-electron chi connectivity index (χ1n) is 12.4. The Bertz CT molecular complexity index is 1270. The molecule has 0 aromatic heterocycles. The molecule has 2 bridgehead atoms. The van der Waals surface area contributed by atoms with Crippen LogP contribution in [0.15, 0.2) is 72.8 Å². The van der Waals surface area contributed by atoms with Gasteiger partial charge in [0.25, 0.3) is 0 Å². The van der Waals surface area contributed by atoms with Crippen LogP contribution in [0, 0.1) is 11.3 Å². The number of rotatable bonds is 3. The maximum Gasteiger partial charge on any atom is 0.410 e. The van der Waals surface area contributed by atoms with Gasteiger partial charge in [-0.15, -0.1) is 0 Å². The number of aliphatic hydroxyl groups is 1. The average Bonchev–Trinajstić information content (AvgIpc) is 3.20. The fourth-order valence-electron chi connectivity index (χ4n) is 6.51. The first-order chi connectivity index (χ1) is 17.1. The van der Waals surface area contributed by atoms with Crippen LogP contribution in [0.2, 0.25) is 0 Å². The highest BCUT2D eigenvalue weighted by atomic mass is 16.6. The van der Waals surface area contributed by atoms with E-state index in [-0.39, 0.29) is 24.1 Å². The maximum atomic E-state index is 13.4. The van der Waals surface area contributed by atoms with E-state index in [0.29, 0.717) is 25.0 Å². The van der Waals surface area contributed by atoms with Gasteiger partial charge in [-0.3, -0.25) is 0 Å². The van der Waals surface area contributed by atoms with Crippen LogP contribution >= 0.6 is 0 Å². The van der Waals surface area contributed by atoms with E-state index in [9.17, 15) is 15.2 Å². The molecule has 35 heavy (non-hydrogen) atoms. The summed E-state index contributed by atoms with van der Waals surface area (Å²) in [7, 11) is 0. The van der Waals surface area contributed by atoms with Crippen LogP contribution < -0.4 is 0 Å². The largest absolute Gasteiger partial charge is 0.448 e. The van der Waals surface area contributed by atoms with Crippen molar-refractivity contribution in [2.24, 2.45) is 0 Å². The fourth-order valence-corrected chi connectivity index (χ4v) is 6.51. The van der Waals surface area contributed by atoms with Crippen molar-refractivity contribution in [1.82, 2.24) is 4.90 Å². The summed E-state index contributed by atoms with van der Waals surface area (Å²) in [5.74, 6) is 0.0293. The average molecular weight is 465 g/mol. The van der Waals surface area contributed by atoms with Crippen molar-refractivity contribution in [3.8, 4) is 17.2 Å². The summed E-state index contributed by atoms with van der Waals surface area (Å²) in [6.07, 6.45) is 3.37. The number of piperidine rings is 2. The molecule has 6 rings (SSSR count). The highest BCUT2D eigenvalue weighted by Gasteiger charge is 2.49. The van der Waals surface area contributed by atoms with Crippen LogP contribution in [-0.2, 0) is 10.3 Å². The number of nitrogens with zero attached hydrogens (tertiary/aromatic N) is 2. The van der Waals surface area contributed by atoms with E-state index in [0.717, 1.165) is 24.8 Å². The monoisotopic (exact) mass is 464 g/mol. The van der Waals surface area contributed by atoms with Gasteiger partial charge in [-0.05, 0) is 59.2 Å². The van der Waals surface area contributed by atoms with E-state index in [1.54, 1.807) is 12.1 Å². The second kappa shape index (κ2) is 8.55. The van der Waals surface area contributed by atoms with Gasteiger partial charge in [0.15, 0.2) is 0 Å². The number of carbonyl (C=O) groups excluding carboxylic acids is 1. The Kier molecular flexibility index (Phi) is 5.35. The van der Waals surface area contributed by atoms with E-state index >= 15 is 0 Å². The summed E-state index contributed by atoms with van der Waals surface area (Å²) in [4.78, 5) is 15.3. The predicted molar refractivity (Wildman–Crippen MR) is 133 cm³/mol. The summed E-state index contributed by atoms with van der Waals surface area (Å²) < 4.78 is 5.99. The summed E-state index contributed by atoms with van der Waals surface area (Å²) >= 11 is 0. The summed E-state index contributed by atoms with van der Waals surface area (Å²) in [5.41, 5.74) is 5.09. The Morgan fingerprint density at radius 3 is 2.23 bits per heavy atom. The molecule has 3 aromatic rings. The zero-order valence-electron chi connectivity index (χ0n) is 19.6. The molecule has 5 heteroatoms. The van der Waals surface area contributed by atoms with Gasteiger partial charge in [0.2, 0.25) is 0 Å². The molecule has 3 aliphatic rings. The van der Waals surface area contributed by atoms with Crippen LogP contribution in [0.3, 0.4) is 0 Å². The number of fused-ring (bicyclic) bond motifs is 5. The van der Waals surface area contributed by atoms with E-state index in [4.69, 9.17) is 4.74 Å². The topological polar surface area (TPSA) is 73.6 Å². The van der Waals surface area contributed by atoms with E-state index < -0.39 is 5.60 Å². The van der Waals surface area contributed by atoms with Crippen LogP contribution in [0.5, 0.6) is 0 Å². The lowest BCUT2D eigenvalue weighted by atomic mass is 9.72. The zero-order valence-corrected chi connectivity index (χ0v) is 19.6. The number of ether oxygens (including phenoxy) is 1. The molecule has 2 aliphatic heterocycles. The molecule has 176 valence electrons. The molecule has 2 saturated heterocycles. The first kappa shape index (κ1) is 21.9. The van der Waals surface area contributed by atoms with Crippen LogP contribution in [-0.4, -0.2) is 34.8 Å². The lowest BCUT2D eigenvalue weighted by Crippen LogP contribution is -2.59. The molecule has 2 atom stereocenters. The normalized spacial score (nSPS) is 24.9. The Morgan fingerprint density at radius 1 is 0.971 bits per heavy atom. The van der Waals surface area contributed by atoms with Gasteiger partial charge in [0.05, 0.1) is 17.2 Å². The maximum absolute atomic E-state index is 13.4. The highest BCUT2D eigenvalue weighted by molar-refractivity contribution is 5.79. The molecule has 2 heterocycles. The Morgan fingerprint density at radius 2 is 1.60 bits per heavy atom. The third-order valence-corrected chi connectivity index (χ3v) is 8.08. The zero-order chi connectivity index (χ0) is 24.0. The minimum absolute atomic E-state index is 0.0293. The van der Waals surface area contributed by atoms with Crippen LogP contribution in [0.1, 0.15) is 60.3 Å². The summed E-state index contributed by atoms with van der Waals surface area (Å²) in [5, 5.41) is 20.9. The SMILES string of the molecule is N#Cc1cccc(C2(O)CC3CCCC(C2)N3C(=O)OCC2c3ccccc3-c3ccccc32)c1. The van der Waals surface area contributed by atoms with Gasteiger partial charge in [0.1, 0.15) is 6.61 Å². The van der Waals surface area contributed by atoms with Gasteiger partial charge in [-0.25, -0.2) is 4.79 Å². The molecule has 1 N–H and O–H groups in total. The van der Waals surface area contributed by atoms with Crippen molar-refractivity contribution in [3.05, 3.63) is 95.1 Å². The predicted octanol–water partition coefficient (Wildman–Crippen LogP) is 5.71. The smallest absolute Gasteiger partial charge is 0.410 e. The number of carbonyl (C=O) groups is 1. The van der Waals surface area contributed by atoms with Gasteiger partial charge in [-0.2, -0.15) is 5.26 Å². The quantitative estimate of drug-likeness (QED) is 0.539. The summed E-state index contributed by atoms with van der Waals surface area (Å²) in [6.45, 7) is 0.303.